The van der Waals surface area contributed by atoms with E-state index in [4.69, 9.17) is 12.2 Å². The van der Waals surface area contributed by atoms with Gasteiger partial charge in [-0.2, -0.15) is 0 Å². The Labute approximate surface area is 163 Å². The number of nitrogens with zero attached hydrogens (tertiary/aromatic N) is 1. The molecule has 3 rings (SSSR count). The molecule has 0 aromatic heterocycles. The zero-order valence-electron chi connectivity index (χ0n) is 14.7. The molecular formula is C20H20N2O2S2. The highest BCUT2D eigenvalue weighted by atomic mass is 32.2. The van der Waals surface area contributed by atoms with Gasteiger partial charge in [0.2, 0.25) is 11.8 Å². The van der Waals surface area contributed by atoms with Gasteiger partial charge in [0.1, 0.15) is 9.57 Å². The molecule has 1 saturated heterocycles. The number of carbonyl (C=O) groups is 2. The molecular weight excluding hydrogens is 364 g/mol. The maximum absolute atomic E-state index is 12.7. The van der Waals surface area contributed by atoms with E-state index < -0.39 is 5.25 Å². The Morgan fingerprint density at radius 1 is 1.15 bits per heavy atom. The largest absolute Gasteiger partial charge is 0.326 e. The molecule has 2 amide bonds. The van der Waals surface area contributed by atoms with Crippen LogP contribution in [-0.4, -0.2) is 21.4 Å². The van der Waals surface area contributed by atoms with Crippen molar-refractivity contribution in [2.24, 2.45) is 0 Å². The van der Waals surface area contributed by atoms with E-state index in [1.165, 1.54) is 22.2 Å². The van der Waals surface area contributed by atoms with E-state index in [1.807, 2.05) is 55.5 Å². The van der Waals surface area contributed by atoms with Gasteiger partial charge in [-0.1, -0.05) is 60.7 Å². The molecule has 0 aliphatic carbocycles. The average Bonchev–Trinajstić information content (AvgIpc) is 2.90. The smallest absolute Gasteiger partial charge is 0.246 e. The van der Waals surface area contributed by atoms with Crippen LogP contribution in [0.2, 0.25) is 0 Å². The van der Waals surface area contributed by atoms with Crippen molar-refractivity contribution in [3.63, 3.8) is 0 Å². The van der Waals surface area contributed by atoms with Gasteiger partial charge in [0.05, 0.1) is 5.69 Å². The molecule has 134 valence electrons. The molecule has 2 aromatic rings. The van der Waals surface area contributed by atoms with Crippen molar-refractivity contribution in [1.82, 2.24) is 0 Å². The van der Waals surface area contributed by atoms with Gasteiger partial charge in [0.25, 0.3) is 0 Å². The van der Waals surface area contributed by atoms with E-state index in [1.54, 1.807) is 0 Å². The molecule has 1 fully saturated rings. The van der Waals surface area contributed by atoms with Crippen LogP contribution in [0.15, 0.2) is 48.5 Å². The van der Waals surface area contributed by atoms with Gasteiger partial charge < -0.3 is 5.32 Å². The SMILES string of the molecule is CCc1ccc(NC(=O)CC2SC(=S)N(c3ccc(C)cc3)C2=O)cc1. The third-order valence-electron chi connectivity index (χ3n) is 4.23. The summed E-state index contributed by atoms with van der Waals surface area (Å²) >= 11 is 6.63. The second kappa shape index (κ2) is 8.01. The molecule has 1 aliphatic rings. The fraction of sp³-hybridized carbons (Fsp3) is 0.250. The fourth-order valence-corrected chi connectivity index (χ4v) is 4.25. The normalized spacial score (nSPS) is 16.8. The predicted molar refractivity (Wildman–Crippen MR) is 112 cm³/mol. The third kappa shape index (κ3) is 4.14. The Bertz CT molecular complexity index is 832. The van der Waals surface area contributed by atoms with Crippen molar-refractivity contribution in [1.29, 1.82) is 0 Å². The second-order valence-corrected chi connectivity index (χ2v) is 8.02. The Kier molecular flexibility index (Phi) is 5.74. The molecule has 1 atom stereocenters. The van der Waals surface area contributed by atoms with Crippen molar-refractivity contribution < 1.29 is 9.59 Å². The average molecular weight is 385 g/mol. The first kappa shape index (κ1) is 18.6. The molecule has 26 heavy (non-hydrogen) atoms. The number of carbonyl (C=O) groups excluding carboxylic acids is 2. The van der Waals surface area contributed by atoms with E-state index in [0.717, 1.165) is 23.4 Å². The fourth-order valence-electron chi connectivity index (χ4n) is 2.72. The van der Waals surface area contributed by atoms with Gasteiger partial charge in [-0.15, -0.1) is 0 Å². The van der Waals surface area contributed by atoms with Gasteiger partial charge >= 0.3 is 0 Å². The van der Waals surface area contributed by atoms with Crippen LogP contribution in [0.3, 0.4) is 0 Å². The molecule has 0 saturated carbocycles. The zero-order chi connectivity index (χ0) is 18.7. The molecule has 0 radical (unpaired) electrons. The number of anilines is 2. The standard InChI is InChI=1S/C20H20N2O2S2/c1-3-14-6-8-15(9-7-14)21-18(23)12-17-19(24)22(20(25)26-17)16-10-4-13(2)5-11-16/h4-11,17H,3,12H2,1-2H3,(H,21,23). The lowest BCUT2D eigenvalue weighted by Crippen LogP contribution is -2.32. The number of hydrogen-bond donors (Lipinski definition) is 1. The van der Waals surface area contributed by atoms with Gasteiger partial charge in [0, 0.05) is 12.1 Å². The molecule has 1 unspecified atom stereocenters. The van der Waals surface area contributed by atoms with Crippen molar-refractivity contribution >= 4 is 51.5 Å². The quantitative estimate of drug-likeness (QED) is 0.780. The highest BCUT2D eigenvalue weighted by molar-refractivity contribution is 8.25. The van der Waals surface area contributed by atoms with Crippen molar-refractivity contribution in [2.75, 3.05) is 10.2 Å². The Balaban J connectivity index is 1.64. The van der Waals surface area contributed by atoms with Gasteiger partial charge in [0.15, 0.2) is 0 Å². The Morgan fingerprint density at radius 2 is 1.81 bits per heavy atom. The number of rotatable bonds is 5. The van der Waals surface area contributed by atoms with E-state index in [2.05, 4.69) is 12.2 Å². The van der Waals surface area contributed by atoms with Crippen LogP contribution in [0.5, 0.6) is 0 Å². The lowest BCUT2D eigenvalue weighted by atomic mass is 10.1. The maximum Gasteiger partial charge on any atom is 0.246 e. The summed E-state index contributed by atoms with van der Waals surface area (Å²) in [6.07, 6.45) is 1.05. The van der Waals surface area contributed by atoms with Crippen molar-refractivity contribution in [3.05, 3.63) is 59.7 Å². The maximum atomic E-state index is 12.7. The summed E-state index contributed by atoms with van der Waals surface area (Å²) in [7, 11) is 0. The van der Waals surface area contributed by atoms with Crippen LogP contribution in [0.1, 0.15) is 24.5 Å². The van der Waals surface area contributed by atoms with E-state index in [-0.39, 0.29) is 18.2 Å². The highest BCUT2D eigenvalue weighted by Gasteiger charge is 2.38. The van der Waals surface area contributed by atoms with Crippen LogP contribution in [0, 0.1) is 6.92 Å². The van der Waals surface area contributed by atoms with Crippen molar-refractivity contribution in [3.8, 4) is 0 Å². The lowest BCUT2D eigenvalue weighted by Gasteiger charge is -2.15. The summed E-state index contributed by atoms with van der Waals surface area (Å²) in [5.41, 5.74) is 3.81. The molecule has 4 nitrogen and oxygen atoms in total. The number of benzene rings is 2. The first-order valence-electron chi connectivity index (χ1n) is 8.48. The number of thioether (sulfide) groups is 1. The molecule has 1 aliphatic heterocycles. The Morgan fingerprint density at radius 3 is 2.42 bits per heavy atom. The number of aryl methyl sites for hydroxylation is 2. The van der Waals surface area contributed by atoms with Crippen LogP contribution in [0.4, 0.5) is 11.4 Å². The summed E-state index contributed by atoms with van der Waals surface area (Å²) in [5, 5.41) is 2.36. The third-order valence-corrected chi connectivity index (χ3v) is 5.74. The molecule has 2 aromatic carbocycles. The van der Waals surface area contributed by atoms with E-state index >= 15 is 0 Å². The van der Waals surface area contributed by atoms with Crippen LogP contribution < -0.4 is 10.2 Å². The number of thiocarbonyl (C=S) groups is 1. The van der Waals surface area contributed by atoms with Crippen LogP contribution in [-0.2, 0) is 16.0 Å². The lowest BCUT2D eigenvalue weighted by molar-refractivity contribution is -0.121. The minimum atomic E-state index is -0.487. The molecule has 0 bridgehead atoms. The van der Waals surface area contributed by atoms with Gasteiger partial charge in [-0.05, 0) is 43.2 Å². The molecule has 6 heteroatoms. The van der Waals surface area contributed by atoms with E-state index in [0.29, 0.717) is 4.32 Å². The number of amides is 2. The zero-order valence-corrected chi connectivity index (χ0v) is 16.3. The summed E-state index contributed by atoms with van der Waals surface area (Å²) in [4.78, 5) is 26.6. The highest BCUT2D eigenvalue weighted by Crippen LogP contribution is 2.34. The summed E-state index contributed by atoms with van der Waals surface area (Å²) in [6, 6.07) is 15.4. The molecule has 1 heterocycles. The van der Waals surface area contributed by atoms with Crippen LogP contribution in [0.25, 0.3) is 0 Å². The second-order valence-electron chi connectivity index (χ2n) is 6.18. The number of hydrogen-bond acceptors (Lipinski definition) is 4. The van der Waals surface area contributed by atoms with Gasteiger partial charge in [-0.25, -0.2) is 0 Å². The minimum Gasteiger partial charge on any atom is -0.326 e. The number of nitrogens with one attached hydrogen (secondary N) is 1. The van der Waals surface area contributed by atoms with Crippen molar-refractivity contribution in [2.45, 2.75) is 31.9 Å². The molecule has 0 spiro atoms. The van der Waals surface area contributed by atoms with Crippen LogP contribution >= 0.6 is 24.0 Å². The van der Waals surface area contributed by atoms with Gasteiger partial charge in [-0.3, -0.25) is 14.5 Å². The monoisotopic (exact) mass is 384 g/mol. The predicted octanol–water partition coefficient (Wildman–Crippen LogP) is 4.32. The first-order chi connectivity index (χ1) is 12.5. The van der Waals surface area contributed by atoms with E-state index in [9.17, 15) is 9.59 Å². The summed E-state index contributed by atoms with van der Waals surface area (Å²) < 4.78 is 0.490. The Hall–Kier alpha value is -2.18. The summed E-state index contributed by atoms with van der Waals surface area (Å²) in [6.45, 7) is 4.07. The summed E-state index contributed by atoms with van der Waals surface area (Å²) in [5.74, 6) is -0.325. The topological polar surface area (TPSA) is 49.4 Å². The minimum absolute atomic E-state index is 0.0987. The molecule has 1 N–H and O–H groups in total. The first-order valence-corrected chi connectivity index (χ1v) is 9.76.